The fourth-order valence-electron chi connectivity index (χ4n) is 2.59. The lowest BCUT2D eigenvalue weighted by molar-refractivity contribution is -0.122. The molecule has 0 fully saturated rings. The number of H-pyrrole nitrogens is 1. The highest BCUT2D eigenvalue weighted by Crippen LogP contribution is 2.23. The van der Waals surface area contributed by atoms with Gasteiger partial charge >= 0.3 is 0 Å². The molecule has 0 saturated carbocycles. The number of hydrogen-bond acceptors (Lipinski definition) is 5. The number of carbonyl (C=O) groups is 1. The Morgan fingerprint density at radius 3 is 2.81 bits per heavy atom. The molecule has 0 aliphatic carbocycles. The van der Waals surface area contributed by atoms with Crippen molar-refractivity contribution in [2.24, 2.45) is 0 Å². The molecule has 2 aromatic heterocycles. The quantitative estimate of drug-likeness (QED) is 0.601. The Balaban J connectivity index is 1.67. The van der Waals surface area contributed by atoms with Gasteiger partial charge in [0.25, 0.3) is 0 Å². The highest BCUT2D eigenvalue weighted by molar-refractivity contribution is 7.71. The van der Waals surface area contributed by atoms with Crippen molar-refractivity contribution in [1.29, 1.82) is 0 Å². The molecular weight excluding hydrogens is 368 g/mol. The van der Waals surface area contributed by atoms with Gasteiger partial charge in [0, 0.05) is 0 Å². The second-order valence-electron chi connectivity index (χ2n) is 5.71. The zero-order valence-electron chi connectivity index (χ0n) is 14.6. The number of hydrogen-bond donors (Lipinski definition) is 2. The van der Waals surface area contributed by atoms with E-state index in [-0.39, 0.29) is 18.5 Å². The van der Waals surface area contributed by atoms with Crippen LogP contribution in [0.2, 0.25) is 0 Å². The largest absolute Gasteiger partial charge is 0.494 e. The maximum Gasteiger partial charge on any atom is 0.240 e. The molecule has 0 aliphatic heterocycles. The maximum absolute atomic E-state index is 12.5. The Labute approximate surface area is 160 Å². The Bertz CT molecular complexity index is 914. The van der Waals surface area contributed by atoms with Crippen molar-refractivity contribution in [3.8, 4) is 16.5 Å². The average molecular weight is 389 g/mol. The summed E-state index contributed by atoms with van der Waals surface area (Å²) >= 11 is 6.82. The lowest BCUT2D eigenvalue weighted by atomic mass is 10.1. The van der Waals surface area contributed by atoms with Gasteiger partial charge in [-0.1, -0.05) is 18.2 Å². The van der Waals surface area contributed by atoms with Crippen LogP contribution in [0.4, 0.5) is 0 Å². The first kappa shape index (κ1) is 18.3. The number of carbonyl (C=O) groups excluding carboxylic acids is 1. The van der Waals surface area contributed by atoms with Crippen molar-refractivity contribution in [3.05, 3.63) is 52.1 Å². The summed E-state index contributed by atoms with van der Waals surface area (Å²) in [5.41, 5.74) is 1.01. The van der Waals surface area contributed by atoms with Crippen LogP contribution in [0.3, 0.4) is 0 Å². The predicted octanol–water partition coefficient (Wildman–Crippen LogP) is 3.95. The highest BCUT2D eigenvalue weighted by Gasteiger charge is 2.15. The molecule has 2 heterocycles. The van der Waals surface area contributed by atoms with Gasteiger partial charge in [0.15, 0.2) is 10.6 Å². The van der Waals surface area contributed by atoms with Gasteiger partial charge in [-0.3, -0.25) is 14.5 Å². The van der Waals surface area contributed by atoms with E-state index in [4.69, 9.17) is 17.0 Å². The molecule has 0 radical (unpaired) electrons. The minimum Gasteiger partial charge on any atom is -0.494 e. The molecule has 1 atom stereocenters. The van der Waals surface area contributed by atoms with Crippen LogP contribution < -0.4 is 10.1 Å². The molecule has 0 bridgehead atoms. The minimum atomic E-state index is -0.123. The van der Waals surface area contributed by atoms with E-state index in [2.05, 4.69) is 15.5 Å². The van der Waals surface area contributed by atoms with Crippen molar-refractivity contribution in [3.63, 3.8) is 0 Å². The molecule has 1 amide bonds. The Kier molecular flexibility index (Phi) is 5.85. The molecule has 136 valence electrons. The molecule has 26 heavy (non-hydrogen) atoms. The summed E-state index contributed by atoms with van der Waals surface area (Å²) in [6.07, 6.45) is 0. The van der Waals surface area contributed by atoms with Crippen LogP contribution in [-0.4, -0.2) is 27.3 Å². The summed E-state index contributed by atoms with van der Waals surface area (Å²) in [4.78, 5) is 13.5. The zero-order chi connectivity index (χ0) is 18.5. The Hall–Kier alpha value is -2.45. The molecule has 1 aromatic carbocycles. The third-order valence-corrected chi connectivity index (χ3v) is 5.05. The Morgan fingerprint density at radius 1 is 1.38 bits per heavy atom. The molecular formula is C18H20N4O2S2. The van der Waals surface area contributed by atoms with E-state index in [1.807, 2.05) is 55.6 Å². The van der Waals surface area contributed by atoms with Crippen LogP contribution in [0.1, 0.15) is 25.5 Å². The first-order chi connectivity index (χ1) is 12.6. The molecule has 0 unspecified atom stereocenters. The second-order valence-corrected chi connectivity index (χ2v) is 7.04. The normalized spacial score (nSPS) is 11.9. The van der Waals surface area contributed by atoms with E-state index < -0.39 is 0 Å². The van der Waals surface area contributed by atoms with E-state index >= 15 is 0 Å². The topological polar surface area (TPSA) is 71.9 Å². The van der Waals surface area contributed by atoms with E-state index in [0.29, 0.717) is 17.2 Å². The van der Waals surface area contributed by atoms with E-state index in [1.54, 1.807) is 15.9 Å². The summed E-state index contributed by atoms with van der Waals surface area (Å²) in [5.74, 6) is 1.37. The molecule has 2 N–H and O–H groups in total. The number of ether oxygens (including phenoxy) is 1. The fourth-order valence-corrected chi connectivity index (χ4v) is 3.51. The van der Waals surface area contributed by atoms with E-state index in [0.717, 1.165) is 16.2 Å². The number of aromatic nitrogens is 3. The van der Waals surface area contributed by atoms with Crippen LogP contribution in [0.15, 0.2) is 41.8 Å². The number of amides is 1. The molecule has 8 heteroatoms. The van der Waals surface area contributed by atoms with Crippen LogP contribution >= 0.6 is 23.6 Å². The number of nitrogens with one attached hydrogen (secondary N) is 2. The monoisotopic (exact) mass is 388 g/mol. The number of thiophene rings is 1. The third kappa shape index (κ3) is 4.20. The lowest BCUT2D eigenvalue weighted by Crippen LogP contribution is -2.30. The van der Waals surface area contributed by atoms with E-state index in [1.165, 1.54) is 0 Å². The second kappa shape index (κ2) is 8.29. The van der Waals surface area contributed by atoms with Crippen LogP contribution in [0.25, 0.3) is 10.7 Å². The summed E-state index contributed by atoms with van der Waals surface area (Å²) in [7, 11) is 0. The first-order valence-electron chi connectivity index (χ1n) is 8.29. The van der Waals surface area contributed by atoms with Gasteiger partial charge in [0.2, 0.25) is 5.91 Å². The molecule has 0 aliphatic rings. The number of nitrogens with zero attached hydrogens (tertiary/aromatic N) is 2. The van der Waals surface area contributed by atoms with Crippen LogP contribution in [0.5, 0.6) is 5.75 Å². The van der Waals surface area contributed by atoms with Crippen LogP contribution in [-0.2, 0) is 11.3 Å². The summed E-state index contributed by atoms with van der Waals surface area (Å²) < 4.78 is 7.58. The minimum absolute atomic E-state index is 0.115. The zero-order valence-corrected chi connectivity index (χ0v) is 16.2. The van der Waals surface area contributed by atoms with Crippen molar-refractivity contribution < 1.29 is 9.53 Å². The average Bonchev–Trinajstić information content (AvgIpc) is 3.26. The van der Waals surface area contributed by atoms with Gasteiger partial charge in [0.05, 0.1) is 17.5 Å². The smallest absolute Gasteiger partial charge is 0.240 e. The highest BCUT2D eigenvalue weighted by atomic mass is 32.1. The van der Waals surface area contributed by atoms with Gasteiger partial charge < -0.3 is 10.1 Å². The summed E-state index contributed by atoms with van der Waals surface area (Å²) in [5, 5.41) is 12.0. The summed E-state index contributed by atoms with van der Waals surface area (Å²) in [6.45, 7) is 4.64. The molecule has 0 spiro atoms. The number of aromatic amines is 1. The van der Waals surface area contributed by atoms with Crippen molar-refractivity contribution in [1.82, 2.24) is 20.1 Å². The van der Waals surface area contributed by atoms with Crippen molar-refractivity contribution in [2.75, 3.05) is 6.61 Å². The molecule has 3 rings (SSSR count). The van der Waals surface area contributed by atoms with Gasteiger partial charge in [-0.05, 0) is 55.2 Å². The molecule has 6 nitrogen and oxygen atoms in total. The van der Waals surface area contributed by atoms with Crippen molar-refractivity contribution >= 4 is 29.5 Å². The summed E-state index contributed by atoms with van der Waals surface area (Å²) in [6, 6.07) is 11.5. The third-order valence-electron chi connectivity index (χ3n) is 3.87. The first-order valence-corrected chi connectivity index (χ1v) is 9.58. The molecule has 3 aromatic rings. The lowest BCUT2D eigenvalue weighted by Gasteiger charge is -2.15. The maximum atomic E-state index is 12.5. The fraction of sp³-hybridized carbons (Fsp3) is 0.278. The predicted molar refractivity (Wildman–Crippen MR) is 105 cm³/mol. The number of rotatable bonds is 7. The SMILES string of the molecule is CCOc1ccc([C@H](C)NC(=O)Cn2c(-c3cccs3)n[nH]c2=S)cc1. The van der Waals surface area contributed by atoms with Crippen molar-refractivity contribution in [2.45, 2.75) is 26.4 Å². The van der Waals surface area contributed by atoms with Gasteiger partial charge in [-0.15, -0.1) is 11.3 Å². The molecule has 0 saturated heterocycles. The van der Waals surface area contributed by atoms with Gasteiger partial charge in [-0.25, -0.2) is 0 Å². The standard InChI is InChI=1S/C18H20N4O2S2/c1-3-24-14-8-6-13(7-9-14)12(2)19-16(23)11-22-17(20-21-18(22)25)15-5-4-10-26-15/h4-10,12H,3,11H2,1-2H3,(H,19,23)(H,21,25)/t12-/m0/s1. The number of benzene rings is 1. The Morgan fingerprint density at radius 2 is 2.15 bits per heavy atom. The van der Waals surface area contributed by atoms with E-state index in [9.17, 15) is 4.79 Å². The van der Waals surface area contributed by atoms with Crippen LogP contribution in [0, 0.1) is 4.77 Å². The van der Waals surface area contributed by atoms with Gasteiger partial charge in [0.1, 0.15) is 12.3 Å². The van der Waals surface area contributed by atoms with Gasteiger partial charge in [-0.2, -0.15) is 5.10 Å².